The molecule has 0 saturated carbocycles. The van der Waals surface area contributed by atoms with Gasteiger partial charge in [0.2, 0.25) is 0 Å². The van der Waals surface area contributed by atoms with Gasteiger partial charge in [-0.2, -0.15) is 0 Å². The number of aromatic nitrogens is 4. The molecule has 8 heteroatoms. The molecule has 14 rings (SSSR count). The average Bonchev–Trinajstić information content (AvgIpc) is 4.15. The summed E-state index contributed by atoms with van der Waals surface area (Å²) in [5.74, 6) is 0. The summed E-state index contributed by atoms with van der Waals surface area (Å²) in [6, 6.07) is 87.4. The lowest BCUT2D eigenvalue weighted by atomic mass is 9.96. The summed E-state index contributed by atoms with van der Waals surface area (Å²) >= 11 is 0. The monoisotopic (exact) mass is 938 g/mol. The molecule has 0 aliphatic heterocycles. The van der Waals surface area contributed by atoms with E-state index in [9.17, 15) is 0 Å². The van der Waals surface area contributed by atoms with Crippen molar-refractivity contribution < 1.29 is 9.05 Å². The number of benzene rings is 10. The fourth-order valence-electron chi connectivity index (χ4n) is 10.8. The zero-order chi connectivity index (χ0) is 46.1. The van der Waals surface area contributed by atoms with Crippen LogP contribution in [0.2, 0.25) is 0 Å². The summed E-state index contributed by atoms with van der Waals surface area (Å²) < 4.78 is 24.9. The molecule has 0 saturated heterocycles. The van der Waals surface area contributed by atoms with Crippen LogP contribution in [0.3, 0.4) is 0 Å². The molecule has 0 amide bonds. The van der Waals surface area contributed by atoms with Gasteiger partial charge in [-0.3, -0.25) is 17.4 Å². The van der Waals surface area contributed by atoms with E-state index in [-0.39, 0.29) is 0 Å². The Hall–Kier alpha value is -7.82. The van der Waals surface area contributed by atoms with E-state index in [4.69, 9.17) is 9.05 Å². The van der Waals surface area contributed by atoms with Gasteiger partial charge in [0, 0.05) is 43.1 Å². The third-order valence-corrected chi connectivity index (χ3v) is 17.7. The summed E-state index contributed by atoms with van der Waals surface area (Å²) in [6.07, 6.45) is 0. The van der Waals surface area contributed by atoms with Crippen LogP contribution in [-0.4, -0.2) is 17.4 Å². The second-order valence-corrected chi connectivity index (χ2v) is 20.9. The highest BCUT2D eigenvalue weighted by atomic mass is 31.2. The molecular weight excluding hydrogens is 895 g/mol. The highest BCUT2D eigenvalue weighted by molar-refractivity contribution is 7.50. The summed E-state index contributed by atoms with van der Waals surface area (Å²) in [7, 11) is -3.00. The number of hydrogen-bond acceptors (Lipinski definition) is 2. The Morgan fingerprint density at radius 2 is 0.414 bits per heavy atom. The van der Waals surface area contributed by atoms with E-state index in [0.717, 1.165) is 66.4 Å². The van der Waals surface area contributed by atoms with Crippen LogP contribution in [0.15, 0.2) is 243 Å². The summed E-state index contributed by atoms with van der Waals surface area (Å²) in [4.78, 5) is 0. The fourth-order valence-corrected chi connectivity index (χ4v) is 15.0. The lowest BCUT2D eigenvalue weighted by molar-refractivity contribution is 0.333. The standard InChI is InChI=1S/C62H44N4O2P2/c1-3-23-45(43(21-1)41-67-69(63-55-33-13-5-25-47(55)48-26-6-14-34-56(48)63)64-57-35-15-7-27-49(57)50-28-8-16-36-58(50)64)46-24-4-2-22-44(46)42-68-70(65-59-37-17-9-29-51(59)52-30-10-18-38-60(52)65)66-61-39-19-11-31-53(61)54-32-12-20-40-62(54)66/h1-40H,41-42H2. The fraction of sp³-hybridized carbons (Fsp3) is 0.0323. The Morgan fingerprint density at radius 1 is 0.229 bits per heavy atom. The minimum atomic E-state index is -1.50. The van der Waals surface area contributed by atoms with Crippen LogP contribution >= 0.6 is 16.9 Å². The average molecular weight is 939 g/mol. The van der Waals surface area contributed by atoms with Crippen LogP contribution in [0.25, 0.3) is 98.4 Å². The van der Waals surface area contributed by atoms with E-state index < -0.39 is 16.9 Å². The quantitative estimate of drug-likeness (QED) is 0.121. The van der Waals surface area contributed by atoms with Gasteiger partial charge in [-0.25, -0.2) is 0 Å². The van der Waals surface area contributed by atoms with Gasteiger partial charge in [-0.1, -0.05) is 194 Å². The zero-order valence-electron chi connectivity index (χ0n) is 38.0. The van der Waals surface area contributed by atoms with Crippen LogP contribution in [0.1, 0.15) is 11.1 Å². The topological polar surface area (TPSA) is 38.2 Å². The van der Waals surface area contributed by atoms with E-state index in [1.54, 1.807) is 0 Å². The third-order valence-electron chi connectivity index (χ3n) is 13.9. The molecule has 0 aliphatic rings. The van der Waals surface area contributed by atoms with Crippen LogP contribution in [-0.2, 0) is 22.3 Å². The van der Waals surface area contributed by atoms with Gasteiger partial charge >= 0.3 is 0 Å². The lowest BCUT2D eigenvalue weighted by Crippen LogP contribution is -2.07. The maximum absolute atomic E-state index is 7.57. The first-order valence-corrected chi connectivity index (χ1v) is 26.1. The molecule has 70 heavy (non-hydrogen) atoms. The van der Waals surface area contributed by atoms with Gasteiger partial charge in [0.1, 0.15) is 0 Å². The first-order valence-electron chi connectivity index (χ1n) is 23.8. The molecule has 0 unspecified atom stereocenters. The van der Waals surface area contributed by atoms with Crippen molar-refractivity contribution in [3.05, 3.63) is 254 Å². The molecule has 4 aromatic heterocycles. The third kappa shape index (κ3) is 6.49. The number of hydrogen-bond donors (Lipinski definition) is 0. The van der Waals surface area contributed by atoms with E-state index in [1.807, 2.05) is 0 Å². The zero-order valence-corrected chi connectivity index (χ0v) is 39.8. The Labute approximate surface area is 406 Å². The molecular formula is C62H44N4O2P2. The number of nitrogens with zero attached hydrogens (tertiary/aromatic N) is 4. The van der Waals surface area contributed by atoms with E-state index in [0.29, 0.717) is 13.2 Å². The van der Waals surface area contributed by atoms with Crippen molar-refractivity contribution in [3.63, 3.8) is 0 Å². The van der Waals surface area contributed by atoms with Gasteiger partial charge in [0.15, 0.2) is 0 Å². The highest BCUT2D eigenvalue weighted by Crippen LogP contribution is 2.55. The van der Waals surface area contributed by atoms with Crippen molar-refractivity contribution in [3.8, 4) is 11.1 Å². The Kier molecular flexibility index (Phi) is 10.00. The summed E-state index contributed by atoms with van der Waals surface area (Å²) in [5, 5.41) is 9.71. The predicted octanol–water partition coefficient (Wildman–Crippen LogP) is 17.5. The predicted molar refractivity (Wildman–Crippen MR) is 295 cm³/mol. The number of rotatable bonds is 11. The first-order chi connectivity index (χ1) is 34.8. The first kappa shape index (κ1) is 41.2. The Balaban J connectivity index is 0.895. The van der Waals surface area contributed by atoms with Crippen molar-refractivity contribution in [2.45, 2.75) is 13.2 Å². The Morgan fingerprint density at radius 3 is 0.643 bits per heavy atom. The number of fused-ring (bicyclic) bond motifs is 12. The molecule has 4 heterocycles. The molecule has 0 aliphatic carbocycles. The maximum Gasteiger partial charge on any atom is 0.258 e. The van der Waals surface area contributed by atoms with Crippen LogP contribution < -0.4 is 0 Å². The van der Waals surface area contributed by atoms with Gasteiger partial charge in [0.05, 0.1) is 57.3 Å². The molecule has 0 N–H and O–H groups in total. The van der Waals surface area contributed by atoms with Crippen molar-refractivity contribution in [1.29, 1.82) is 0 Å². The normalized spacial score (nSPS) is 12.2. The van der Waals surface area contributed by atoms with E-state index in [2.05, 4.69) is 260 Å². The highest BCUT2D eigenvalue weighted by Gasteiger charge is 2.29. The molecule has 0 spiro atoms. The van der Waals surface area contributed by atoms with E-state index in [1.165, 1.54) is 43.1 Å². The number of para-hydroxylation sites is 8. The second-order valence-electron chi connectivity index (χ2n) is 17.8. The van der Waals surface area contributed by atoms with Crippen molar-refractivity contribution in [2.75, 3.05) is 0 Å². The molecule has 0 bridgehead atoms. The largest absolute Gasteiger partial charge is 0.317 e. The molecule has 14 aromatic rings. The molecule has 10 aromatic carbocycles. The van der Waals surface area contributed by atoms with Crippen molar-refractivity contribution in [1.82, 2.24) is 17.4 Å². The van der Waals surface area contributed by atoms with Gasteiger partial charge in [-0.15, -0.1) is 0 Å². The maximum atomic E-state index is 7.57. The van der Waals surface area contributed by atoms with E-state index >= 15 is 0 Å². The van der Waals surface area contributed by atoms with Crippen LogP contribution in [0.4, 0.5) is 0 Å². The summed E-state index contributed by atoms with van der Waals surface area (Å²) in [6.45, 7) is 0.766. The van der Waals surface area contributed by atoms with Gasteiger partial charge in [-0.05, 0) is 70.8 Å². The van der Waals surface area contributed by atoms with Gasteiger partial charge in [0.25, 0.3) is 16.9 Å². The molecule has 0 atom stereocenters. The molecule has 0 fully saturated rings. The second kappa shape index (κ2) is 17.0. The van der Waals surface area contributed by atoms with Crippen molar-refractivity contribution >= 4 is 104 Å². The van der Waals surface area contributed by atoms with Gasteiger partial charge < -0.3 is 9.05 Å². The minimum Gasteiger partial charge on any atom is -0.317 e. The molecule has 334 valence electrons. The molecule has 6 nitrogen and oxygen atoms in total. The Bertz CT molecular complexity index is 3600. The summed E-state index contributed by atoms with van der Waals surface area (Å²) in [5.41, 5.74) is 13.7. The van der Waals surface area contributed by atoms with Crippen LogP contribution in [0.5, 0.6) is 0 Å². The smallest absolute Gasteiger partial charge is 0.258 e. The molecule has 0 radical (unpaired) electrons. The van der Waals surface area contributed by atoms with Crippen LogP contribution in [0, 0.1) is 0 Å². The van der Waals surface area contributed by atoms with Crippen molar-refractivity contribution in [2.24, 2.45) is 0 Å². The minimum absolute atomic E-state index is 0.383. The SMILES string of the molecule is c1ccc(-c2ccccc2COP(n2c3ccccc3c3ccccc32)n2c3ccccc3c3ccccc32)c(COP(n2c3ccccc3c3ccccc32)n2c3ccccc3c3ccccc32)c1. The lowest BCUT2D eigenvalue weighted by Gasteiger charge is -2.25.